The molecule has 9 nitrogen and oxygen atoms in total. The van der Waals surface area contributed by atoms with Crippen LogP contribution in [0.4, 0.5) is 0 Å². The van der Waals surface area contributed by atoms with Gasteiger partial charge < -0.3 is 21.4 Å². The van der Waals surface area contributed by atoms with Gasteiger partial charge in [-0.2, -0.15) is 5.10 Å². The maximum absolute atomic E-state index is 8.36. The van der Waals surface area contributed by atoms with E-state index in [1.165, 1.54) is 0 Å². The molecule has 1 rings (SSSR count). The van der Waals surface area contributed by atoms with Crippen molar-refractivity contribution in [1.29, 1.82) is 0 Å². The van der Waals surface area contributed by atoms with Gasteiger partial charge >= 0.3 is 0 Å². The number of guanidine groups is 1. The van der Waals surface area contributed by atoms with Crippen molar-refractivity contribution < 1.29 is 15.0 Å². The number of rotatable bonds is 3. The Balaban J connectivity index is 0.000000631. The van der Waals surface area contributed by atoms with Gasteiger partial charge in [-0.15, -0.1) is 15.2 Å². The number of hydrogen-bond acceptors (Lipinski definition) is 5. The minimum atomic E-state index is -1.50. The van der Waals surface area contributed by atoms with E-state index in [1.54, 1.807) is 13.3 Å². The molecule has 18 heavy (non-hydrogen) atoms. The lowest BCUT2D eigenvalue weighted by molar-refractivity contribution is -0.742. The summed E-state index contributed by atoms with van der Waals surface area (Å²) in [6.07, 6.45) is 1.55. The lowest BCUT2D eigenvalue weighted by Gasteiger charge is -1.97. The SMILES string of the molecule is COc1ccc(/C=N\N=C(N)N)cc1.O=[N+]([O-])O. The summed E-state index contributed by atoms with van der Waals surface area (Å²) >= 11 is 0. The first-order chi connectivity index (χ1) is 8.45. The highest BCUT2D eigenvalue weighted by Gasteiger charge is 1.89. The van der Waals surface area contributed by atoms with Crippen LogP contribution in [0.3, 0.4) is 0 Å². The average molecular weight is 255 g/mol. The number of ether oxygens (including phenoxy) is 1. The zero-order valence-corrected chi connectivity index (χ0v) is 9.56. The predicted molar refractivity (Wildman–Crippen MR) is 65.2 cm³/mol. The van der Waals surface area contributed by atoms with E-state index < -0.39 is 5.09 Å². The Morgan fingerprint density at radius 2 is 1.94 bits per heavy atom. The normalized spacial score (nSPS) is 9.17. The van der Waals surface area contributed by atoms with Crippen LogP contribution in [0.1, 0.15) is 5.56 Å². The molecule has 0 unspecified atom stereocenters. The third-order valence-corrected chi connectivity index (χ3v) is 1.50. The van der Waals surface area contributed by atoms with Crippen LogP contribution in [-0.4, -0.2) is 29.6 Å². The molecule has 0 saturated carbocycles. The highest BCUT2D eigenvalue weighted by molar-refractivity contribution is 5.81. The fourth-order valence-electron chi connectivity index (χ4n) is 0.852. The monoisotopic (exact) mass is 255 g/mol. The summed E-state index contributed by atoms with van der Waals surface area (Å²) in [5.41, 5.74) is 11.1. The van der Waals surface area contributed by atoms with Gasteiger partial charge in [0.05, 0.1) is 13.3 Å². The average Bonchev–Trinajstić information content (AvgIpc) is 2.29. The van der Waals surface area contributed by atoms with Crippen LogP contribution in [0.2, 0.25) is 0 Å². The molecule has 1 aromatic rings. The number of methoxy groups -OCH3 is 1. The van der Waals surface area contributed by atoms with Crippen LogP contribution in [0.15, 0.2) is 34.5 Å². The van der Waals surface area contributed by atoms with Crippen molar-refractivity contribution >= 4 is 12.2 Å². The predicted octanol–water partition coefficient (Wildman–Crippen LogP) is -0.0452. The second kappa shape index (κ2) is 8.33. The Morgan fingerprint density at radius 1 is 1.44 bits per heavy atom. The zero-order chi connectivity index (χ0) is 14.0. The first kappa shape index (κ1) is 15.2. The Bertz CT molecular complexity index is 421. The molecule has 9 heteroatoms. The summed E-state index contributed by atoms with van der Waals surface area (Å²) < 4.78 is 5.00. The van der Waals surface area contributed by atoms with Crippen molar-refractivity contribution in [3.63, 3.8) is 0 Å². The van der Waals surface area contributed by atoms with E-state index in [0.29, 0.717) is 0 Å². The fourth-order valence-corrected chi connectivity index (χ4v) is 0.852. The van der Waals surface area contributed by atoms with Crippen LogP contribution in [0.5, 0.6) is 5.75 Å². The molecule has 98 valence electrons. The van der Waals surface area contributed by atoms with Crippen LogP contribution in [0.25, 0.3) is 0 Å². The van der Waals surface area contributed by atoms with Gasteiger partial charge in [0.2, 0.25) is 5.96 Å². The van der Waals surface area contributed by atoms with Gasteiger partial charge in [0.25, 0.3) is 5.09 Å². The minimum absolute atomic E-state index is 0.0604. The zero-order valence-electron chi connectivity index (χ0n) is 9.56. The molecule has 0 aliphatic heterocycles. The highest BCUT2D eigenvalue weighted by Crippen LogP contribution is 2.09. The van der Waals surface area contributed by atoms with Crippen molar-refractivity contribution in [3.8, 4) is 5.75 Å². The van der Waals surface area contributed by atoms with E-state index in [0.717, 1.165) is 11.3 Å². The lowest BCUT2D eigenvalue weighted by atomic mass is 10.2. The summed E-state index contributed by atoms with van der Waals surface area (Å²) in [6, 6.07) is 7.36. The molecule has 0 spiro atoms. The molecule has 0 saturated heterocycles. The quantitative estimate of drug-likeness (QED) is 0.298. The molecule has 0 heterocycles. The van der Waals surface area contributed by atoms with Gasteiger partial charge in [0.15, 0.2) is 0 Å². The Kier molecular flexibility index (Phi) is 7.01. The van der Waals surface area contributed by atoms with Gasteiger partial charge in [0, 0.05) is 0 Å². The molecule has 0 radical (unpaired) electrons. The maximum atomic E-state index is 8.36. The van der Waals surface area contributed by atoms with Gasteiger partial charge in [-0.1, -0.05) is 0 Å². The van der Waals surface area contributed by atoms with Crippen LogP contribution < -0.4 is 16.2 Å². The molecule has 0 aromatic heterocycles. The van der Waals surface area contributed by atoms with Gasteiger partial charge in [-0.05, 0) is 29.8 Å². The van der Waals surface area contributed by atoms with E-state index in [4.69, 9.17) is 31.5 Å². The summed E-state index contributed by atoms with van der Waals surface area (Å²) in [5, 5.41) is 20.8. The molecule has 0 atom stereocenters. The Morgan fingerprint density at radius 3 is 2.33 bits per heavy atom. The van der Waals surface area contributed by atoms with E-state index in [1.807, 2.05) is 24.3 Å². The van der Waals surface area contributed by atoms with Crippen molar-refractivity contribution in [1.82, 2.24) is 0 Å². The van der Waals surface area contributed by atoms with Gasteiger partial charge in [-0.3, -0.25) is 0 Å². The number of nitrogens with two attached hydrogens (primary N) is 2. The summed E-state index contributed by atoms with van der Waals surface area (Å²) in [6.45, 7) is 0. The van der Waals surface area contributed by atoms with Crippen molar-refractivity contribution in [2.24, 2.45) is 21.7 Å². The largest absolute Gasteiger partial charge is 0.497 e. The topological polar surface area (TPSA) is 149 Å². The maximum Gasteiger partial charge on any atom is 0.291 e. The molecule has 0 amide bonds. The molecule has 0 aliphatic carbocycles. The minimum Gasteiger partial charge on any atom is -0.497 e. The van der Waals surface area contributed by atoms with Gasteiger partial charge in [-0.25, -0.2) is 0 Å². The second-order valence-corrected chi connectivity index (χ2v) is 2.78. The third kappa shape index (κ3) is 8.47. The molecule has 0 fully saturated rings. The molecule has 1 aromatic carbocycles. The fraction of sp³-hybridized carbons (Fsp3) is 0.111. The summed E-state index contributed by atoms with van der Waals surface area (Å²) in [7, 11) is 1.61. The molecule has 5 N–H and O–H groups in total. The van der Waals surface area contributed by atoms with E-state index in [-0.39, 0.29) is 5.96 Å². The van der Waals surface area contributed by atoms with E-state index in [9.17, 15) is 0 Å². The highest BCUT2D eigenvalue weighted by atomic mass is 16.9. The summed E-state index contributed by atoms with van der Waals surface area (Å²) in [4.78, 5) is 8.36. The molecular weight excluding hydrogens is 242 g/mol. The first-order valence-electron chi connectivity index (χ1n) is 4.55. The number of hydrogen-bond donors (Lipinski definition) is 3. The lowest BCUT2D eigenvalue weighted by Crippen LogP contribution is -2.21. The molecule has 0 aliphatic rings. The first-order valence-corrected chi connectivity index (χ1v) is 4.55. The van der Waals surface area contributed by atoms with E-state index >= 15 is 0 Å². The van der Waals surface area contributed by atoms with Crippen molar-refractivity contribution in [2.75, 3.05) is 7.11 Å². The number of benzene rings is 1. The standard InChI is InChI=1S/C9H12N4O.HNO3/c1-14-8-4-2-7(3-5-8)6-12-13-9(10)11;2-1(3)4/h2-6H,1H3,(H4,10,11,13);(H,2,3,4)/b12-6-;. The number of nitrogens with zero attached hydrogens (tertiary/aromatic N) is 3. The smallest absolute Gasteiger partial charge is 0.291 e. The molecular formula is C9H13N5O4. The second-order valence-electron chi connectivity index (χ2n) is 2.78. The van der Waals surface area contributed by atoms with Crippen molar-refractivity contribution in [2.45, 2.75) is 0 Å². The van der Waals surface area contributed by atoms with Crippen LogP contribution in [0, 0.1) is 10.1 Å². The third-order valence-electron chi connectivity index (χ3n) is 1.50. The van der Waals surface area contributed by atoms with Gasteiger partial charge in [0.1, 0.15) is 5.75 Å². The molecule has 0 bridgehead atoms. The summed E-state index contributed by atoms with van der Waals surface area (Å²) in [5.74, 6) is 0.735. The van der Waals surface area contributed by atoms with Crippen LogP contribution in [-0.2, 0) is 0 Å². The Labute approximate surface area is 102 Å². The van der Waals surface area contributed by atoms with Crippen molar-refractivity contribution in [3.05, 3.63) is 39.9 Å². The van der Waals surface area contributed by atoms with E-state index in [2.05, 4.69) is 10.2 Å². The van der Waals surface area contributed by atoms with Crippen LogP contribution >= 0.6 is 0 Å². The Hall–Kier alpha value is -2.84.